The van der Waals surface area contributed by atoms with Gasteiger partial charge in [-0.3, -0.25) is 9.59 Å². The fourth-order valence-electron chi connectivity index (χ4n) is 4.51. The third-order valence-corrected chi connectivity index (χ3v) is 7.02. The number of hydrogen-bond donors (Lipinski definition) is 3. The van der Waals surface area contributed by atoms with Crippen molar-refractivity contribution >= 4 is 11.6 Å². The monoisotopic (exact) mass is 484 g/mol. The SMILES string of the molecule is CCCCCCCCCCCCCCCCCCCC(=O)C(O)(CO)C(O)C(=O)CCCCC. The summed E-state index contributed by atoms with van der Waals surface area (Å²) in [6, 6.07) is 0. The summed E-state index contributed by atoms with van der Waals surface area (Å²) in [5.41, 5.74) is -2.36. The van der Waals surface area contributed by atoms with Gasteiger partial charge in [0.05, 0.1) is 6.61 Å². The molecule has 0 aromatic rings. The number of ketones is 2. The van der Waals surface area contributed by atoms with Crippen LogP contribution in [0.4, 0.5) is 0 Å². The highest BCUT2D eigenvalue weighted by Crippen LogP contribution is 2.20. The Kier molecular flexibility index (Phi) is 22.1. The number of unbranched alkanes of at least 4 members (excludes halogenated alkanes) is 18. The van der Waals surface area contributed by atoms with E-state index in [9.17, 15) is 24.9 Å². The molecular weight excluding hydrogens is 428 g/mol. The van der Waals surface area contributed by atoms with E-state index in [1.807, 2.05) is 6.92 Å². The molecule has 2 unspecified atom stereocenters. The first-order valence-electron chi connectivity index (χ1n) is 14.5. The zero-order chi connectivity index (χ0) is 25.5. The van der Waals surface area contributed by atoms with Gasteiger partial charge in [0, 0.05) is 12.8 Å². The molecule has 202 valence electrons. The van der Waals surface area contributed by atoms with Gasteiger partial charge in [-0.25, -0.2) is 0 Å². The average Bonchev–Trinajstić information content (AvgIpc) is 2.84. The third-order valence-electron chi connectivity index (χ3n) is 7.02. The van der Waals surface area contributed by atoms with Gasteiger partial charge in [-0.15, -0.1) is 0 Å². The molecular formula is C29H56O5. The second-order valence-corrected chi connectivity index (χ2v) is 10.2. The highest BCUT2D eigenvalue weighted by atomic mass is 16.4. The molecule has 3 N–H and O–H groups in total. The van der Waals surface area contributed by atoms with Crippen LogP contribution < -0.4 is 0 Å². The Morgan fingerprint density at radius 3 is 1.29 bits per heavy atom. The van der Waals surface area contributed by atoms with E-state index in [0.717, 1.165) is 32.1 Å². The molecule has 0 radical (unpaired) electrons. The molecule has 2 atom stereocenters. The molecule has 0 aliphatic carbocycles. The Balaban J connectivity index is 3.72. The van der Waals surface area contributed by atoms with E-state index in [1.165, 1.54) is 83.5 Å². The van der Waals surface area contributed by atoms with Crippen LogP contribution in [0.5, 0.6) is 0 Å². The molecule has 0 aliphatic heterocycles. The Hall–Kier alpha value is -0.780. The van der Waals surface area contributed by atoms with Gasteiger partial charge in [0.25, 0.3) is 0 Å². The second-order valence-electron chi connectivity index (χ2n) is 10.2. The molecule has 34 heavy (non-hydrogen) atoms. The fourth-order valence-corrected chi connectivity index (χ4v) is 4.51. The molecule has 0 bridgehead atoms. The third kappa shape index (κ3) is 16.0. The molecule has 0 saturated heterocycles. The quantitative estimate of drug-likeness (QED) is 0.117. The van der Waals surface area contributed by atoms with Gasteiger partial charge < -0.3 is 15.3 Å². The topological polar surface area (TPSA) is 94.8 Å². The summed E-state index contributed by atoms with van der Waals surface area (Å²) in [4.78, 5) is 24.5. The van der Waals surface area contributed by atoms with Crippen molar-refractivity contribution < 1.29 is 24.9 Å². The number of hydrogen-bond acceptors (Lipinski definition) is 5. The van der Waals surface area contributed by atoms with E-state index in [1.54, 1.807) is 0 Å². The van der Waals surface area contributed by atoms with Crippen molar-refractivity contribution in [3.8, 4) is 0 Å². The fraction of sp³-hybridized carbons (Fsp3) is 0.931. The summed E-state index contributed by atoms with van der Waals surface area (Å²) < 4.78 is 0. The second kappa shape index (κ2) is 22.7. The van der Waals surface area contributed by atoms with Crippen molar-refractivity contribution in [1.82, 2.24) is 0 Å². The first-order valence-corrected chi connectivity index (χ1v) is 14.5. The van der Waals surface area contributed by atoms with Crippen LogP contribution in [-0.4, -0.2) is 45.2 Å². The minimum Gasteiger partial charge on any atom is -0.393 e. The molecule has 0 aromatic carbocycles. The number of aliphatic hydroxyl groups is 3. The Morgan fingerprint density at radius 1 is 0.588 bits per heavy atom. The number of carbonyl (C=O) groups excluding carboxylic acids is 2. The lowest BCUT2D eigenvalue weighted by atomic mass is 9.86. The summed E-state index contributed by atoms with van der Waals surface area (Å²) >= 11 is 0. The molecule has 0 saturated carbocycles. The zero-order valence-corrected chi connectivity index (χ0v) is 22.5. The van der Waals surface area contributed by atoms with Gasteiger partial charge in [-0.05, 0) is 12.8 Å². The number of rotatable bonds is 26. The molecule has 0 amide bonds. The molecule has 0 aliphatic rings. The van der Waals surface area contributed by atoms with Crippen LogP contribution >= 0.6 is 0 Å². The van der Waals surface area contributed by atoms with Crippen molar-refractivity contribution in [2.24, 2.45) is 0 Å². The average molecular weight is 485 g/mol. The van der Waals surface area contributed by atoms with Crippen LogP contribution in [0.3, 0.4) is 0 Å². The minimum absolute atomic E-state index is 0.0783. The molecule has 0 rings (SSSR count). The maximum absolute atomic E-state index is 12.4. The molecule has 0 spiro atoms. The van der Waals surface area contributed by atoms with Gasteiger partial charge in [0.2, 0.25) is 0 Å². The maximum Gasteiger partial charge on any atom is 0.178 e. The Labute approximate surface area is 210 Å². The zero-order valence-electron chi connectivity index (χ0n) is 22.5. The van der Waals surface area contributed by atoms with E-state index >= 15 is 0 Å². The maximum atomic E-state index is 12.4. The standard InChI is InChI=1S/C29H56O5/c1-3-5-7-8-9-10-11-12-13-14-15-16-17-18-19-20-22-24-27(32)29(34,25-30)28(33)26(31)23-21-6-4-2/h28,30,33-34H,3-25H2,1-2H3. The van der Waals surface area contributed by atoms with Gasteiger partial charge in [-0.2, -0.15) is 0 Å². The molecule has 0 fully saturated rings. The Morgan fingerprint density at radius 2 is 0.912 bits per heavy atom. The van der Waals surface area contributed by atoms with E-state index < -0.39 is 29.9 Å². The van der Waals surface area contributed by atoms with Gasteiger partial charge >= 0.3 is 0 Å². The van der Waals surface area contributed by atoms with Crippen molar-refractivity contribution in [2.75, 3.05) is 6.61 Å². The normalized spacial score (nSPS) is 14.1. The Bertz CT molecular complexity index is 493. The van der Waals surface area contributed by atoms with E-state index in [2.05, 4.69) is 6.92 Å². The lowest BCUT2D eigenvalue weighted by Gasteiger charge is -2.28. The largest absolute Gasteiger partial charge is 0.393 e. The summed E-state index contributed by atoms with van der Waals surface area (Å²) in [6.45, 7) is 3.34. The van der Waals surface area contributed by atoms with Crippen molar-refractivity contribution in [2.45, 2.75) is 167 Å². The van der Waals surface area contributed by atoms with Crippen LogP contribution in [0.1, 0.15) is 155 Å². The van der Waals surface area contributed by atoms with Crippen LogP contribution in [0, 0.1) is 0 Å². The van der Waals surface area contributed by atoms with Crippen LogP contribution in [0.15, 0.2) is 0 Å². The first kappa shape index (κ1) is 33.2. The van der Waals surface area contributed by atoms with Crippen molar-refractivity contribution in [3.63, 3.8) is 0 Å². The van der Waals surface area contributed by atoms with E-state index in [-0.39, 0.29) is 12.8 Å². The molecule has 5 nitrogen and oxygen atoms in total. The summed E-state index contributed by atoms with van der Waals surface area (Å²) in [7, 11) is 0. The number of aliphatic hydroxyl groups excluding tert-OH is 2. The predicted octanol–water partition coefficient (Wildman–Crippen LogP) is 6.83. The molecule has 5 heteroatoms. The van der Waals surface area contributed by atoms with Crippen LogP contribution in [-0.2, 0) is 9.59 Å². The first-order chi connectivity index (χ1) is 16.4. The van der Waals surface area contributed by atoms with Gasteiger partial charge in [0.15, 0.2) is 23.3 Å². The van der Waals surface area contributed by atoms with Crippen LogP contribution in [0.25, 0.3) is 0 Å². The van der Waals surface area contributed by atoms with Crippen molar-refractivity contribution in [3.05, 3.63) is 0 Å². The van der Waals surface area contributed by atoms with E-state index in [4.69, 9.17) is 0 Å². The number of carbonyl (C=O) groups is 2. The highest BCUT2D eigenvalue weighted by Gasteiger charge is 2.45. The van der Waals surface area contributed by atoms with Crippen molar-refractivity contribution in [1.29, 1.82) is 0 Å². The molecule has 0 heterocycles. The highest BCUT2D eigenvalue weighted by molar-refractivity contribution is 5.96. The summed E-state index contributed by atoms with van der Waals surface area (Å²) in [5, 5.41) is 30.1. The molecule has 0 aromatic heterocycles. The summed E-state index contributed by atoms with van der Waals surface area (Å²) in [6.07, 6.45) is 22.0. The predicted molar refractivity (Wildman–Crippen MR) is 141 cm³/mol. The van der Waals surface area contributed by atoms with E-state index in [0.29, 0.717) is 12.8 Å². The smallest absolute Gasteiger partial charge is 0.178 e. The number of Topliss-reactive ketones (excluding diaryl/α,β-unsaturated/α-hetero) is 2. The minimum atomic E-state index is -2.36. The summed E-state index contributed by atoms with van der Waals surface area (Å²) in [5.74, 6) is -1.20. The lowest BCUT2D eigenvalue weighted by molar-refractivity contribution is -0.165. The van der Waals surface area contributed by atoms with Crippen LogP contribution in [0.2, 0.25) is 0 Å². The lowest BCUT2D eigenvalue weighted by Crippen LogP contribution is -2.55. The van der Waals surface area contributed by atoms with Gasteiger partial charge in [-0.1, -0.05) is 129 Å². The van der Waals surface area contributed by atoms with Gasteiger partial charge in [0.1, 0.15) is 0 Å².